The fraction of sp³-hybridized carbons (Fsp3) is 0.720. The lowest BCUT2D eigenvalue weighted by Crippen LogP contribution is -2.29. The number of hydrogen-bond donors (Lipinski definition) is 0. The molecule has 5 aliphatic rings. The second kappa shape index (κ2) is 20.1. The topological polar surface area (TPSA) is 40.8 Å². The Labute approximate surface area is 345 Å². The highest BCUT2D eigenvalue weighted by atomic mass is 19.2. The molecule has 2 fully saturated rings. The van der Waals surface area contributed by atoms with E-state index in [1.165, 1.54) is 51.4 Å². The van der Waals surface area contributed by atoms with E-state index >= 15 is 0 Å². The molecule has 3 unspecified atom stereocenters. The van der Waals surface area contributed by atoms with Gasteiger partial charge in [-0.1, -0.05) is 91.9 Å². The summed E-state index contributed by atoms with van der Waals surface area (Å²) in [6.45, 7) is 8.82. The molecule has 0 bridgehead atoms. The van der Waals surface area contributed by atoms with Crippen LogP contribution in [0, 0.1) is 41.0 Å². The second-order valence-corrected chi connectivity index (χ2v) is 18.6. The van der Waals surface area contributed by atoms with Gasteiger partial charge in [0.2, 0.25) is 23.3 Å². The van der Waals surface area contributed by atoms with Crippen molar-refractivity contribution in [3.63, 3.8) is 0 Å². The maximum absolute atomic E-state index is 14.8. The molecule has 0 N–H and O–H groups in total. The predicted molar refractivity (Wildman–Crippen MR) is 224 cm³/mol. The zero-order valence-electron chi connectivity index (χ0n) is 35.9. The predicted octanol–water partition coefficient (Wildman–Crippen LogP) is 15.2. The van der Waals surface area contributed by atoms with Crippen molar-refractivity contribution in [2.24, 2.45) is 17.8 Å². The number of aryl methyl sites for hydroxylation is 1. The molecule has 8 heteroatoms. The molecule has 2 aliphatic carbocycles. The number of halogens is 4. The third kappa shape index (κ3) is 9.51. The van der Waals surface area contributed by atoms with Gasteiger partial charge in [-0.15, -0.1) is 0 Å². The summed E-state index contributed by atoms with van der Waals surface area (Å²) < 4.78 is 83.2. The molecule has 0 radical (unpaired) electrons. The number of unbranched alkanes of at least 4 members (excludes halogenated alkanes) is 4. The summed E-state index contributed by atoms with van der Waals surface area (Å²) in [5.41, 5.74) is 2.62. The Hall–Kier alpha value is -2.90. The first-order valence-corrected chi connectivity index (χ1v) is 23.7. The summed E-state index contributed by atoms with van der Waals surface area (Å²) in [5.74, 6) is 0.272. The Kier molecular flexibility index (Phi) is 15.0. The van der Waals surface area contributed by atoms with Gasteiger partial charge in [-0.05, 0) is 114 Å². The van der Waals surface area contributed by atoms with Gasteiger partial charge in [-0.25, -0.2) is 0 Å². The lowest BCUT2D eigenvalue weighted by Gasteiger charge is -2.31. The number of furan rings is 1. The van der Waals surface area contributed by atoms with Crippen LogP contribution >= 0.6 is 0 Å². The number of fused-ring (bicyclic) bond motifs is 6. The van der Waals surface area contributed by atoms with Gasteiger partial charge in [0, 0.05) is 34.4 Å². The molecule has 4 nitrogen and oxygen atoms in total. The van der Waals surface area contributed by atoms with E-state index in [9.17, 15) is 17.6 Å². The molecule has 3 aromatic rings. The van der Waals surface area contributed by atoms with E-state index in [-0.39, 0.29) is 41.1 Å². The van der Waals surface area contributed by atoms with Crippen LogP contribution in [-0.4, -0.2) is 18.3 Å². The lowest BCUT2D eigenvalue weighted by atomic mass is 9.77. The average molecular weight is 811 g/mol. The molecule has 2 saturated carbocycles. The van der Waals surface area contributed by atoms with Gasteiger partial charge in [-0.2, -0.15) is 17.6 Å². The minimum atomic E-state index is -0.890. The van der Waals surface area contributed by atoms with Crippen LogP contribution in [0.3, 0.4) is 0 Å². The molecular formula is C50H70F4O4. The molecule has 4 heterocycles. The van der Waals surface area contributed by atoms with Crippen LogP contribution in [-0.2, 0) is 19.3 Å². The highest BCUT2D eigenvalue weighted by Gasteiger charge is 2.40. The standard InChI is InChI=1S/C25H36F2O2.C25H34F2O2/c2*1-3-5-6-8-18-13-14-19-20-15-21(17-11-9-16(7-4-2)10-12-17)29-25(20)23(27)22(26)24(19)28-18/h16-18,21H,3-15H2,1-2H3;15-18H,3-14H2,1-2H3. The Morgan fingerprint density at radius 2 is 1.03 bits per heavy atom. The summed E-state index contributed by atoms with van der Waals surface area (Å²) in [6, 6.07) is 1.97. The van der Waals surface area contributed by atoms with E-state index in [1.54, 1.807) is 0 Å². The number of ether oxygens (including phenoxy) is 3. The Bertz CT molecular complexity index is 1800. The zero-order chi connectivity index (χ0) is 40.8. The summed E-state index contributed by atoms with van der Waals surface area (Å²) >= 11 is 0. The van der Waals surface area contributed by atoms with Gasteiger partial charge in [0.1, 0.15) is 11.9 Å². The van der Waals surface area contributed by atoms with Gasteiger partial charge < -0.3 is 18.6 Å². The minimum absolute atomic E-state index is 0.00439. The zero-order valence-corrected chi connectivity index (χ0v) is 35.9. The first kappa shape index (κ1) is 43.2. The quantitative estimate of drug-likeness (QED) is 0.120. The summed E-state index contributed by atoms with van der Waals surface area (Å²) in [7, 11) is 0. The molecule has 322 valence electrons. The van der Waals surface area contributed by atoms with E-state index in [1.807, 2.05) is 6.07 Å². The Morgan fingerprint density at radius 1 is 0.517 bits per heavy atom. The molecular weight excluding hydrogens is 741 g/mol. The molecule has 2 aromatic carbocycles. The van der Waals surface area contributed by atoms with E-state index in [0.29, 0.717) is 18.3 Å². The van der Waals surface area contributed by atoms with Crippen molar-refractivity contribution in [2.45, 2.75) is 212 Å². The van der Waals surface area contributed by atoms with Gasteiger partial charge in [0.25, 0.3) is 0 Å². The second-order valence-electron chi connectivity index (χ2n) is 18.6. The third-order valence-corrected chi connectivity index (χ3v) is 14.4. The summed E-state index contributed by atoms with van der Waals surface area (Å²) in [4.78, 5) is 0. The number of rotatable bonds is 14. The molecule has 0 amide bonds. The van der Waals surface area contributed by atoms with E-state index in [0.717, 1.165) is 142 Å². The van der Waals surface area contributed by atoms with Crippen molar-refractivity contribution in [3.8, 4) is 17.2 Å². The first-order valence-electron chi connectivity index (χ1n) is 23.7. The SMILES string of the molecule is CCCCCC1CCc2c(c(F)c(F)c3oc(C4CCC(CCC)CC4)cc23)O1.CCCCCC1CCc2c3c(c(F)c(F)c2O1)OC(C1CCC(CCC)CC1)C3. The Balaban J connectivity index is 0.000000177. The molecule has 3 aliphatic heterocycles. The van der Waals surface area contributed by atoms with Crippen molar-refractivity contribution in [1.82, 2.24) is 0 Å². The van der Waals surface area contributed by atoms with Crippen LogP contribution < -0.4 is 14.2 Å². The molecule has 3 atom stereocenters. The van der Waals surface area contributed by atoms with E-state index in [2.05, 4.69) is 27.7 Å². The van der Waals surface area contributed by atoms with Crippen molar-refractivity contribution in [3.05, 3.63) is 51.8 Å². The van der Waals surface area contributed by atoms with Crippen LogP contribution in [0.15, 0.2) is 10.5 Å². The smallest absolute Gasteiger partial charge is 0.205 e. The molecule has 58 heavy (non-hydrogen) atoms. The van der Waals surface area contributed by atoms with Crippen LogP contribution in [0.25, 0.3) is 11.0 Å². The fourth-order valence-electron chi connectivity index (χ4n) is 11.1. The number of benzene rings is 2. The minimum Gasteiger partial charge on any atom is -0.487 e. The first-order chi connectivity index (χ1) is 28.2. The summed E-state index contributed by atoms with van der Waals surface area (Å²) in [5, 5.41) is 0.719. The monoisotopic (exact) mass is 811 g/mol. The van der Waals surface area contributed by atoms with Crippen LogP contribution in [0.2, 0.25) is 0 Å². The molecule has 8 rings (SSSR count). The van der Waals surface area contributed by atoms with Crippen LogP contribution in [0.1, 0.15) is 197 Å². The normalized spacial score (nSPS) is 26.4. The number of hydrogen-bond acceptors (Lipinski definition) is 4. The maximum atomic E-state index is 14.8. The van der Waals surface area contributed by atoms with Gasteiger partial charge in [0.15, 0.2) is 22.8 Å². The third-order valence-electron chi connectivity index (χ3n) is 14.4. The Morgan fingerprint density at radius 3 is 1.60 bits per heavy atom. The molecule has 1 aromatic heterocycles. The van der Waals surface area contributed by atoms with Crippen LogP contribution in [0.5, 0.6) is 17.2 Å². The molecule has 0 saturated heterocycles. The van der Waals surface area contributed by atoms with E-state index in [4.69, 9.17) is 18.6 Å². The lowest BCUT2D eigenvalue weighted by molar-refractivity contribution is 0.107. The van der Waals surface area contributed by atoms with Gasteiger partial charge in [-0.3, -0.25) is 0 Å². The molecule has 0 spiro atoms. The van der Waals surface area contributed by atoms with Crippen molar-refractivity contribution in [1.29, 1.82) is 0 Å². The largest absolute Gasteiger partial charge is 0.487 e. The van der Waals surface area contributed by atoms with Crippen LogP contribution in [0.4, 0.5) is 17.6 Å². The highest BCUT2D eigenvalue weighted by Crippen LogP contribution is 2.48. The van der Waals surface area contributed by atoms with Gasteiger partial charge in [0.05, 0.1) is 12.2 Å². The van der Waals surface area contributed by atoms with Crippen molar-refractivity contribution in [2.75, 3.05) is 0 Å². The van der Waals surface area contributed by atoms with E-state index < -0.39 is 23.3 Å². The summed E-state index contributed by atoms with van der Waals surface area (Å²) in [6.07, 6.45) is 26.9. The fourth-order valence-corrected chi connectivity index (χ4v) is 11.1. The van der Waals surface area contributed by atoms with Gasteiger partial charge >= 0.3 is 0 Å². The van der Waals surface area contributed by atoms with Crippen molar-refractivity contribution < 1.29 is 36.2 Å². The van der Waals surface area contributed by atoms with Crippen molar-refractivity contribution >= 4 is 11.0 Å². The highest BCUT2D eigenvalue weighted by molar-refractivity contribution is 5.85. The maximum Gasteiger partial charge on any atom is 0.205 e. The average Bonchev–Trinajstić information content (AvgIpc) is 3.90.